The number of nitrogens with zero attached hydrogens (tertiary/aromatic N) is 4. The summed E-state index contributed by atoms with van der Waals surface area (Å²) in [6.07, 6.45) is 1.72. The standard InChI is InChI=1S/C24H17BrClN5OS/c1-13-11-15(14(2)30(13)17-9-7-16(25)8-10-17)12-19-21(27)31-24(28-22(19)32)33-23(29-31)18-5-3-4-6-20(18)26/h3-12,27H,1-2H3/b19-12-,27-21?. The summed E-state index contributed by atoms with van der Waals surface area (Å²) in [5.41, 5.74) is 4.80. The van der Waals surface area contributed by atoms with Gasteiger partial charge in [0, 0.05) is 27.1 Å². The second-order valence-corrected chi connectivity index (χ2v) is 9.82. The van der Waals surface area contributed by atoms with E-state index in [4.69, 9.17) is 17.0 Å². The summed E-state index contributed by atoms with van der Waals surface area (Å²) in [5.74, 6) is -0.462. The van der Waals surface area contributed by atoms with E-state index in [1.54, 1.807) is 12.1 Å². The molecule has 3 aromatic rings. The molecule has 2 aliphatic heterocycles. The minimum absolute atomic E-state index is 0.00648. The number of nitrogens with one attached hydrogen (secondary N) is 1. The van der Waals surface area contributed by atoms with Crippen molar-refractivity contribution in [1.29, 1.82) is 5.41 Å². The van der Waals surface area contributed by atoms with Crippen LogP contribution in [0.3, 0.4) is 0 Å². The van der Waals surface area contributed by atoms with Gasteiger partial charge in [-0.2, -0.15) is 15.1 Å². The lowest BCUT2D eigenvalue weighted by Gasteiger charge is -2.20. The molecule has 1 aromatic heterocycles. The number of amides is 1. The molecule has 0 unspecified atom stereocenters. The van der Waals surface area contributed by atoms with E-state index in [-0.39, 0.29) is 11.4 Å². The lowest BCUT2D eigenvalue weighted by molar-refractivity contribution is -0.114. The van der Waals surface area contributed by atoms with Crippen LogP contribution in [-0.4, -0.2) is 31.5 Å². The van der Waals surface area contributed by atoms with E-state index in [0.717, 1.165) is 32.7 Å². The molecule has 0 fully saturated rings. The second-order valence-electron chi connectivity index (χ2n) is 7.54. The molecule has 0 radical (unpaired) electrons. The maximum absolute atomic E-state index is 12.8. The third-order valence-corrected chi connectivity index (χ3v) is 7.21. The van der Waals surface area contributed by atoms with Crippen molar-refractivity contribution in [2.75, 3.05) is 0 Å². The van der Waals surface area contributed by atoms with Crippen LogP contribution < -0.4 is 0 Å². The largest absolute Gasteiger partial charge is 0.318 e. The quantitative estimate of drug-likeness (QED) is 0.405. The number of aryl methyl sites for hydroxylation is 1. The molecule has 0 atom stereocenters. The van der Waals surface area contributed by atoms with Crippen molar-refractivity contribution >= 4 is 67.3 Å². The number of hydrazone groups is 1. The van der Waals surface area contributed by atoms with E-state index in [2.05, 4.69) is 30.6 Å². The van der Waals surface area contributed by atoms with Crippen LogP contribution in [0.4, 0.5) is 0 Å². The number of carbonyl (C=O) groups excluding carboxylic acids is 1. The molecule has 0 bridgehead atoms. The number of fused-ring (bicyclic) bond motifs is 1. The van der Waals surface area contributed by atoms with E-state index >= 15 is 0 Å². The van der Waals surface area contributed by atoms with Gasteiger partial charge in [-0.15, -0.1) is 0 Å². The number of benzene rings is 2. The average Bonchev–Trinajstić information content (AvgIpc) is 3.33. The number of thioether (sulfide) groups is 1. The second kappa shape index (κ2) is 8.44. The monoisotopic (exact) mass is 537 g/mol. The molecule has 0 saturated heterocycles. The number of hydrogen-bond donors (Lipinski definition) is 1. The summed E-state index contributed by atoms with van der Waals surface area (Å²) in [7, 11) is 0. The Bertz CT molecular complexity index is 1420. The van der Waals surface area contributed by atoms with Gasteiger partial charge in [0.15, 0.2) is 5.84 Å². The van der Waals surface area contributed by atoms with Gasteiger partial charge in [0.25, 0.3) is 5.91 Å². The molecule has 2 aliphatic rings. The van der Waals surface area contributed by atoms with Gasteiger partial charge in [-0.25, -0.2) is 0 Å². The van der Waals surface area contributed by atoms with Gasteiger partial charge >= 0.3 is 0 Å². The van der Waals surface area contributed by atoms with Crippen molar-refractivity contribution < 1.29 is 4.79 Å². The fourth-order valence-corrected chi connectivity index (χ4v) is 5.29. The number of amidine groups is 2. The maximum atomic E-state index is 12.8. The van der Waals surface area contributed by atoms with Crippen LogP contribution in [-0.2, 0) is 4.79 Å². The Balaban J connectivity index is 1.52. The Kier molecular flexibility index (Phi) is 5.60. The van der Waals surface area contributed by atoms with Crippen LogP contribution in [0.1, 0.15) is 22.5 Å². The maximum Gasteiger partial charge on any atom is 0.283 e. The fraction of sp³-hybridized carbons (Fsp3) is 0.0833. The third-order valence-electron chi connectivity index (χ3n) is 5.41. The molecule has 0 aliphatic carbocycles. The van der Waals surface area contributed by atoms with Gasteiger partial charge in [-0.3, -0.25) is 10.2 Å². The number of aliphatic imine (C=N–C) groups is 1. The zero-order valence-electron chi connectivity index (χ0n) is 17.6. The predicted molar refractivity (Wildman–Crippen MR) is 139 cm³/mol. The fourth-order valence-electron chi connectivity index (χ4n) is 3.81. The van der Waals surface area contributed by atoms with Crippen LogP contribution in [0.25, 0.3) is 11.8 Å². The third kappa shape index (κ3) is 3.88. The van der Waals surface area contributed by atoms with Crippen molar-refractivity contribution in [3.8, 4) is 5.69 Å². The van der Waals surface area contributed by atoms with Crippen LogP contribution in [0.2, 0.25) is 5.02 Å². The number of halogens is 2. The Labute approximate surface area is 208 Å². The summed E-state index contributed by atoms with van der Waals surface area (Å²) in [6.45, 7) is 4.00. The molecule has 6 nitrogen and oxygen atoms in total. The van der Waals surface area contributed by atoms with Crippen LogP contribution in [0.5, 0.6) is 0 Å². The molecule has 5 rings (SSSR count). The van der Waals surface area contributed by atoms with E-state index < -0.39 is 5.91 Å². The van der Waals surface area contributed by atoms with Crippen LogP contribution in [0.15, 0.2) is 74.7 Å². The van der Waals surface area contributed by atoms with Crippen molar-refractivity contribution in [2.45, 2.75) is 13.8 Å². The zero-order chi connectivity index (χ0) is 23.3. The average molecular weight is 539 g/mol. The van der Waals surface area contributed by atoms with Crippen molar-refractivity contribution in [2.24, 2.45) is 10.1 Å². The topological polar surface area (TPSA) is 73.8 Å². The minimum atomic E-state index is -0.456. The van der Waals surface area contributed by atoms with Crippen LogP contribution >= 0.6 is 39.3 Å². The summed E-state index contributed by atoms with van der Waals surface area (Å²) in [5, 5.41) is 16.1. The lowest BCUT2D eigenvalue weighted by Crippen LogP contribution is -2.35. The van der Waals surface area contributed by atoms with Gasteiger partial charge in [-0.1, -0.05) is 45.7 Å². The molecular formula is C24H17BrClN5OS. The number of hydrogen-bond acceptors (Lipinski definition) is 4. The first-order chi connectivity index (χ1) is 15.8. The first-order valence-electron chi connectivity index (χ1n) is 10.0. The molecule has 9 heteroatoms. The number of carbonyl (C=O) groups is 1. The van der Waals surface area contributed by atoms with E-state index in [1.807, 2.05) is 62.4 Å². The summed E-state index contributed by atoms with van der Waals surface area (Å²) in [6, 6.07) is 17.4. The first-order valence-corrected chi connectivity index (χ1v) is 12.0. The predicted octanol–water partition coefficient (Wildman–Crippen LogP) is 6.18. The molecular weight excluding hydrogens is 522 g/mol. The van der Waals surface area contributed by atoms with E-state index in [1.165, 1.54) is 16.8 Å². The highest BCUT2D eigenvalue weighted by molar-refractivity contribution is 9.10. The first kappa shape index (κ1) is 21.9. The van der Waals surface area contributed by atoms with Gasteiger partial charge < -0.3 is 4.57 Å². The summed E-state index contributed by atoms with van der Waals surface area (Å²) < 4.78 is 3.12. The molecule has 1 N–H and O–H groups in total. The Morgan fingerprint density at radius 3 is 2.58 bits per heavy atom. The molecule has 0 spiro atoms. The normalized spacial score (nSPS) is 16.8. The van der Waals surface area contributed by atoms with E-state index in [0.29, 0.717) is 15.2 Å². The van der Waals surface area contributed by atoms with Crippen molar-refractivity contribution in [3.63, 3.8) is 0 Å². The highest BCUT2D eigenvalue weighted by Gasteiger charge is 2.36. The Morgan fingerprint density at radius 2 is 1.85 bits per heavy atom. The molecule has 33 heavy (non-hydrogen) atoms. The lowest BCUT2D eigenvalue weighted by atomic mass is 10.1. The van der Waals surface area contributed by atoms with Gasteiger partial charge in [0.2, 0.25) is 5.17 Å². The van der Waals surface area contributed by atoms with Crippen LogP contribution in [0, 0.1) is 19.3 Å². The van der Waals surface area contributed by atoms with Gasteiger partial charge in [0.1, 0.15) is 5.04 Å². The van der Waals surface area contributed by atoms with Gasteiger partial charge in [0.05, 0.1) is 10.6 Å². The number of rotatable bonds is 3. The molecule has 1 amide bonds. The van der Waals surface area contributed by atoms with E-state index in [9.17, 15) is 4.79 Å². The van der Waals surface area contributed by atoms with Crippen molar-refractivity contribution in [1.82, 2.24) is 9.58 Å². The highest BCUT2D eigenvalue weighted by Crippen LogP contribution is 2.33. The summed E-state index contributed by atoms with van der Waals surface area (Å²) >= 11 is 11.0. The zero-order valence-corrected chi connectivity index (χ0v) is 20.8. The smallest absolute Gasteiger partial charge is 0.283 e. The molecule has 2 aromatic carbocycles. The Morgan fingerprint density at radius 1 is 1.12 bits per heavy atom. The minimum Gasteiger partial charge on any atom is -0.318 e. The van der Waals surface area contributed by atoms with Gasteiger partial charge in [-0.05, 0) is 73.6 Å². The SMILES string of the molecule is Cc1cc(/C=C2/C(=N)N3N=C(c4ccccc4Cl)SC3=NC2=O)c(C)n1-c1ccc(Br)cc1. The Hall–Kier alpha value is -2.94. The highest BCUT2D eigenvalue weighted by atomic mass is 79.9. The van der Waals surface area contributed by atoms with Crippen molar-refractivity contribution in [3.05, 3.63) is 92.2 Å². The number of aromatic nitrogens is 1. The molecule has 3 heterocycles. The summed E-state index contributed by atoms with van der Waals surface area (Å²) in [4.78, 5) is 17.0. The molecule has 0 saturated carbocycles. The molecule has 164 valence electrons.